The average molecular weight is 1630 g/mol. The van der Waals surface area contributed by atoms with E-state index in [4.69, 9.17) is 70.1 Å². The SMILES string of the molecule is CC[Si](CC)(CC)O[C@@H]1[C@@H]2O[C@H]3[C@H](C[C@H]2O[C@H]2C[C@@H](OCc4ccccc4)[C@H](COCc4ccccc4)O[C@@]21C)O[C@@H]1C[C@@H]2O[C@@H](C[C@@H]4O[C@@H]5C[C@@H]6O[C@](C)(CCO[Si](c7ccccc7)(c7ccccc7)C(C)(C)C)[C@@H](O[Si](C)(C)C(C)(C)C)C[C@H]6O[C@H]5C[C@H]4OCc4ccc5ccccc5c4)C(O)C=C[C@@]2(C)O[C@@]1(C)CC[C@@H]3C. The van der Waals surface area contributed by atoms with E-state index in [2.05, 4.69) is 256 Å². The third-order valence-electron chi connectivity index (χ3n) is 28.9. The van der Waals surface area contributed by atoms with Gasteiger partial charge >= 0.3 is 0 Å². The maximum Gasteiger partial charge on any atom is 0.261 e. The molecule has 15 rings (SSSR count). The molecule has 115 heavy (non-hydrogen) atoms. The van der Waals surface area contributed by atoms with Gasteiger partial charge in [0.15, 0.2) is 16.6 Å². The fraction of sp³-hybridized carbons (Fsp3) is 0.625. The Bertz CT molecular complexity index is 4130. The van der Waals surface area contributed by atoms with Gasteiger partial charge in [0.2, 0.25) is 0 Å². The van der Waals surface area contributed by atoms with E-state index in [1.165, 1.54) is 15.8 Å². The van der Waals surface area contributed by atoms with Gasteiger partial charge in [-0.15, -0.1) is 0 Å². The maximum absolute atomic E-state index is 12.7. The second kappa shape index (κ2) is 34.7. The summed E-state index contributed by atoms with van der Waals surface area (Å²) in [5.74, 6) is 0.101. The Kier molecular flexibility index (Phi) is 25.7. The first-order valence-corrected chi connectivity index (χ1v) is 51.1. The Hall–Kier alpha value is -4.67. The van der Waals surface area contributed by atoms with Gasteiger partial charge in [0, 0.05) is 58.0 Å². The number of hydrogen-bond acceptors (Lipinski definition) is 16. The summed E-state index contributed by atoms with van der Waals surface area (Å²) in [6.07, 6.45) is 2.26. The number of fused-ring (bicyclic) bond motifs is 8. The molecule has 9 heterocycles. The summed E-state index contributed by atoms with van der Waals surface area (Å²) in [4.78, 5) is 0. The van der Waals surface area contributed by atoms with E-state index in [1.807, 2.05) is 30.3 Å². The second-order valence-electron chi connectivity index (χ2n) is 38.7. The molecule has 0 aromatic heterocycles. The Morgan fingerprint density at radius 2 is 1.10 bits per heavy atom. The van der Waals surface area contributed by atoms with E-state index in [9.17, 15) is 5.11 Å². The first-order valence-electron chi connectivity index (χ1n) is 43.8. The molecule has 8 saturated heterocycles. The molecular formula is C96H134O16Si3. The van der Waals surface area contributed by atoms with Gasteiger partial charge in [0.05, 0.1) is 135 Å². The molecule has 6 aromatic carbocycles. The van der Waals surface area contributed by atoms with Crippen molar-refractivity contribution in [1.82, 2.24) is 0 Å². The second-order valence-corrected chi connectivity index (χ2v) is 52.5. The topological polar surface area (TPSA) is 159 Å². The summed E-state index contributed by atoms with van der Waals surface area (Å²) < 4.78 is 112. The lowest BCUT2D eigenvalue weighted by Crippen LogP contribution is -2.75. The first-order chi connectivity index (χ1) is 55.0. The smallest absolute Gasteiger partial charge is 0.261 e. The van der Waals surface area contributed by atoms with E-state index in [-0.39, 0.29) is 77.0 Å². The molecule has 0 aliphatic carbocycles. The van der Waals surface area contributed by atoms with Crippen LogP contribution in [0.2, 0.25) is 41.3 Å². The fourth-order valence-electron chi connectivity index (χ4n) is 20.6. The van der Waals surface area contributed by atoms with E-state index < -0.39 is 102 Å². The van der Waals surface area contributed by atoms with Crippen LogP contribution in [0.4, 0.5) is 0 Å². The van der Waals surface area contributed by atoms with Crippen molar-refractivity contribution in [1.29, 1.82) is 0 Å². The van der Waals surface area contributed by atoms with Gasteiger partial charge in [-0.05, 0) is 132 Å². The van der Waals surface area contributed by atoms with Crippen LogP contribution in [0.3, 0.4) is 0 Å². The van der Waals surface area contributed by atoms with E-state index in [1.54, 1.807) is 0 Å². The van der Waals surface area contributed by atoms with Crippen LogP contribution in [0, 0.1) is 5.92 Å². The van der Waals surface area contributed by atoms with Crippen molar-refractivity contribution in [3.8, 4) is 0 Å². The molecule has 1 unspecified atom stereocenters. The molecule has 0 spiro atoms. The van der Waals surface area contributed by atoms with E-state index in [0.29, 0.717) is 84.4 Å². The molecule has 0 saturated carbocycles. The van der Waals surface area contributed by atoms with Gasteiger partial charge in [-0.2, -0.15) is 0 Å². The Balaban J connectivity index is 0.684. The largest absolute Gasteiger partial charge is 0.411 e. The highest BCUT2D eigenvalue weighted by molar-refractivity contribution is 6.99. The molecule has 9 aliphatic heterocycles. The summed E-state index contributed by atoms with van der Waals surface area (Å²) in [7, 11) is -7.59. The van der Waals surface area contributed by atoms with Gasteiger partial charge in [-0.3, -0.25) is 0 Å². The van der Waals surface area contributed by atoms with E-state index in [0.717, 1.165) is 53.1 Å². The summed E-state index contributed by atoms with van der Waals surface area (Å²) in [5, 5.41) is 17.2. The standard InChI is InChI=1S/C96H134O16Si3/c1-17-114(18-2,19-3)111-90-89-82(106-87-57-75(99-61-66-36-26-21-27-37-66)83(109-96(87,90)14)63-98-60-65-34-24-20-25-35-65)56-81-88(107-89)64(4)46-48-94(12)85(105-81)59-84-95(13,112-94)49-47-72(97)73(104-84)53-76-74(100-62-67-44-45-68-38-32-33-39-69(68)52-67)54-77-78(102-76)55-80-79(103-77)58-86(110-113(15,16)91(5,6)7)93(11,108-80)50-51-101-115(92(8,9)10,70-40-28-22-29-41-70)71-42-30-23-31-43-71/h20-45,47,49,52,64,72-90,97H,17-19,46,48,50-51,53-63H2,1-16H3/t64-,72?,73-,74+,75+,76-,77-,78+,79+,80-,81-,82+,83-,84-,85+,86-,87-,88+,89+,90+,93+,94-,95+,96-/m0/s1. The summed E-state index contributed by atoms with van der Waals surface area (Å²) >= 11 is 0. The van der Waals surface area contributed by atoms with Gasteiger partial charge < -0.3 is 75.2 Å². The third kappa shape index (κ3) is 17.8. The van der Waals surface area contributed by atoms with Crippen LogP contribution in [0.15, 0.2) is 176 Å². The zero-order chi connectivity index (χ0) is 80.9. The van der Waals surface area contributed by atoms with Gasteiger partial charge in [-0.25, -0.2) is 0 Å². The molecule has 626 valence electrons. The quantitative estimate of drug-likeness (QED) is 0.0426. The normalized spacial score (nSPS) is 36.5. The lowest BCUT2D eigenvalue weighted by Gasteiger charge is -2.61. The summed E-state index contributed by atoms with van der Waals surface area (Å²) in [6.45, 7) is 38.8. The van der Waals surface area contributed by atoms with Crippen LogP contribution in [0.5, 0.6) is 0 Å². The fourth-order valence-corrected chi connectivity index (χ4v) is 29.5. The highest BCUT2D eigenvalue weighted by atomic mass is 28.4. The van der Waals surface area contributed by atoms with Crippen molar-refractivity contribution in [3.63, 3.8) is 0 Å². The lowest BCUT2D eigenvalue weighted by atomic mass is 9.73. The molecule has 0 bridgehead atoms. The zero-order valence-electron chi connectivity index (χ0n) is 71.6. The minimum atomic E-state index is -2.90. The number of rotatable bonds is 25. The highest BCUT2D eigenvalue weighted by Crippen LogP contribution is 2.54. The Morgan fingerprint density at radius 3 is 1.75 bits per heavy atom. The summed E-state index contributed by atoms with van der Waals surface area (Å²) in [5.41, 5.74) is 0.0321. The minimum Gasteiger partial charge on any atom is -0.411 e. The van der Waals surface area contributed by atoms with Gasteiger partial charge in [0.25, 0.3) is 8.32 Å². The van der Waals surface area contributed by atoms with Crippen molar-refractivity contribution in [2.45, 2.75) is 361 Å². The Labute approximate surface area is 689 Å². The van der Waals surface area contributed by atoms with Crippen molar-refractivity contribution in [3.05, 3.63) is 193 Å². The molecule has 0 radical (unpaired) electrons. The number of hydrogen-bond donors (Lipinski definition) is 1. The number of benzene rings is 6. The molecule has 24 atom stereocenters. The van der Waals surface area contributed by atoms with Crippen molar-refractivity contribution in [2.24, 2.45) is 5.92 Å². The zero-order valence-corrected chi connectivity index (χ0v) is 74.6. The van der Waals surface area contributed by atoms with Crippen LogP contribution in [0.1, 0.15) is 178 Å². The van der Waals surface area contributed by atoms with Crippen molar-refractivity contribution >= 4 is 46.1 Å². The minimum absolute atomic E-state index is 0.0475. The molecule has 6 aromatic rings. The van der Waals surface area contributed by atoms with Crippen LogP contribution in [-0.4, -0.2) is 182 Å². The third-order valence-corrected chi connectivity index (χ3v) is 43.1. The lowest BCUT2D eigenvalue weighted by molar-refractivity contribution is -0.364. The predicted octanol–water partition coefficient (Wildman–Crippen LogP) is 17.8. The highest BCUT2D eigenvalue weighted by Gasteiger charge is 2.66. The maximum atomic E-state index is 12.7. The molecular weight excluding hydrogens is 1490 g/mol. The Morgan fingerprint density at radius 1 is 0.513 bits per heavy atom. The molecule has 19 heteroatoms. The van der Waals surface area contributed by atoms with Crippen LogP contribution in [-0.2, 0) is 89.9 Å². The van der Waals surface area contributed by atoms with Crippen LogP contribution in [0.25, 0.3) is 10.8 Å². The summed E-state index contributed by atoms with van der Waals surface area (Å²) in [6, 6.07) is 60.4. The van der Waals surface area contributed by atoms with E-state index >= 15 is 0 Å². The van der Waals surface area contributed by atoms with Crippen molar-refractivity contribution in [2.75, 3.05) is 13.2 Å². The predicted molar refractivity (Wildman–Crippen MR) is 458 cm³/mol. The molecule has 0 amide bonds. The first kappa shape index (κ1) is 85.3. The van der Waals surface area contributed by atoms with Crippen LogP contribution >= 0.6 is 0 Å². The average Bonchev–Trinajstić information content (AvgIpc) is 1.09. The van der Waals surface area contributed by atoms with Gasteiger partial charge in [-0.1, -0.05) is 239 Å². The van der Waals surface area contributed by atoms with Crippen LogP contribution < -0.4 is 10.4 Å². The number of aliphatic hydroxyl groups excluding tert-OH is 1. The number of aliphatic hydroxyl groups is 1. The van der Waals surface area contributed by atoms with Gasteiger partial charge in [0.1, 0.15) is 29.5 Å². The number of ether oxygens (including phenoxy) is 12. The van der Waals surface area contributed by atoms with Crippen molar-refractivity contribution < 1.29 is 75.2 Å². The monoisotopic (exact) mass is 1630 g/mol. The molecule has 8 fully saturated rings. The molecule has 9 aliphatic rings. The molecule has 1 N–H and O–H groups in total. The molecule has 16 nitrogen and oxygen atoms in total.